The number of hydrogen-bond donors (Lipinski definition) is 0. The monoisotopic (exact) mass is 312 g/mol. The van der Waals surface area contributed by atoms with Crippen LogP contribution in [0, 0.1) is 0 Å². The molecule has 1 atom stereocenters. The van der Waals surface area contributed by atoms with E-state index in [0.717, 1.165) is 18.4 Å². The van der Waals surface area contributed by atoms with Crippen molar-refractivity contribution in [2.24, 2.45) is 0 Å². The quantitative estimate of drug-likeness (QED) is 0.781. The standard InChI is InChI=1S/C14H21BrN2O/c15-8-7-13-5-1-3-9-16(13)11-12-17-10-4-2-6-14(17)18/h2,4,6,10,13H,1,3,5,7-9,11-12H2. The number of alkyl halides is 1. The van der Waals surface area contributed by atoms with Crippen molar-refractivity contribution in [1.29, 1.82) is 0 Å². The van der Waals surface area contributed by atoms with Crippen LogP contribution in [0.15, 0.2) is 29.2 Å². The average Bonchev–Trinajstić information content (AvgIpc) is 2.40. The molecule has 100 valence electrons. The van der Waals surface area contributed by atoms with Crippen LogP contribution in [-0.2, 0) is 6.54 Å². The highest BCUT2D eigenvalue weighted by molar-refractivity contribution is 9.09. The first-order valence-corrected chi connectivity index (χ1v) is 7.89. The zero-order valence-corrected chi connectivity index (χ0v) is 12.3. The van der Waals surface area contributed by atoms with Crippen LogP contribution in [0.1, 0.15) is 25.7 Å². The van der Waals surface area contributed by atoms with Crippen molar-refractivity contribution in [2.45, 2.75) is 38.3 Å². The van der Waals surface area contributed by atoms with Crippen molar-refractivity contribution in [3.8, 4) is 0 Å². The third-order valence-corrected chi connectivity index (χ3v) is 4.18. The van der Waals surface area contributed by atoms with Gasteiger partial charge < -0.3 is 4.57 Å². The van der Waals surface area contributed by atoms with Gasteiger partial charge in [0.15, 0.2) is 0 Å². The molecule has 2 rings (SSSR count). The van der Waals surface area contributed by atoms with E-state index < -0.39 is 0 Å². The van der Waals surface area contributed by atoms with Gasteiger partial charge in [0.25, 0.3) is 5.56 Å². The Hall–Kier alpha value is -0.610. The van der Waals surface area contributed by atoms with Gasteiger partial charge in [-0.1, -0.05) is 28.4 Å². The number of nitrogens with zero attached hydrogens (tertiary/aromatic N) is 2. The van der Waals surface area contributed by atoms with Crippen molar-refractivity contribution < 1.29 is 0 Å². The van der Waals surface area contributed by atoms with Gasteiger partial charge in [-0.05, 0) is 31.9 Å². The molecule has 1 aromatic heterocycles. The van der Waals surface area contributed by atoms with Gasteiger partial charge in [-0.3, -0.25) is 9.69 Å². The molecule has 0 amide bonds. The van der Waals surface area contributed by atoms with Crippen LogP contribution in [0.3, 0.4) is 0 Å². The van der Waals surface area contributed by atoms with Gasteiger partial charge in [0.05, 0.1) is 0 Å². The highest BCUT2D eigenvalue weighted by Crippen LogP contribution is 2.20. The average molecular weight is 313 g/mol. The van der Waals surface area contributed by atoms with Crippen LogP contribution in [0.4, 0.5) is 0 Å². The predicted octanol–water partition coefficient (Wildman–Crippen LogP) is 2.49. The first-order chi connectivity index (χ1) is 8.81. The molecule has 0 saturated carbocycles. The molecule has 1 saturated heterocycles. The van der Waals surface area contributed by atoms with Gasteiger partial charge in [-0.2, -0.15) is 0 Å². The van der Waals surface area contributed by atoms with E-state index in [2.05, 4.69) is 20.8 Å². The SMILES string of the molecule is O=c1ccccn1CCN1CCCCC1CCBr. The van der Waals surface area contributed by atoms with Crippen LogP contribution in [0.25, 0.3) is 0 Å². The minimum Gasteiger partial charge on any atom is -0.314 e. The van der Waals surface area contributed by atoms with E-state index in [-0.39, 0.29) is 5.56 Å². The fourth-order valence-electron chi connectivity index (χ4n) is 2.69. The zero-order valence-electron chi connectivity index (χ0n) is 10.7. The summed E-state index contributed by atoms with van der Waals surface area (Å²) < 4.78 is 1.81. The molecule has 0 bridgehead atoms. The van der Waals surface area contributed by atoms with Crippen LogP contribution in [-0.4, -0.2) is 33.9 Å². The fraction of sp³-hybridized carbons (Fsp3) is 0.643. The van der Waals surface area contributed by atoms with Gasteiger partial charge in [-0.15, -0.1) is 0 Å². The van der Waals surface area contributed by atoms with E-state index in [4.69, 9.17) is 0 Å². The van der Waals surface area contributed by atoms with E-state index >= 15 is 0 Å². The molecule has 1 aliphatic rings. The summed E-state index contributed by atoms with van der Waals surface area (Å²) in [6.07, 6.45) is 7.03. The first kappa shape index (κ1) is 13.8. The molecule has 18 heavy (non-hydrogen) atoms. The van der Waals surface area contributed by atoms with E-state index in [1.807, 2.05) is 12.3 Å². The molecule has 1 fully saturated rings. The first-order valence-electron chi connectivity index (χ1n) is 6.77. The van der Waals surface area contributed by atoms with Crippen LogP contribution in [0.2, 0.25) is 0 Å². The summed E-state index contributed by atoms with van der Waals surface area (Å²) in [5.41, 5.74) is 0.103. The number of piperidine rings is 1. The Kier molecular flexibility index (Phi) is 5.45. The molecular weight excluding hydrogens is 292 g/mol. The molecule has 1 aliphatic heterocycles. The molecule has 0 radical (unpaired) electrons. The van der Waals surface area contributed by atoms with Crippen molar-refractivity contribution in [1.82, 2.24) is 9.47 Å². The Morgan fingerprint density at radius 1 is 1.28 bits per heavy atom. The maximum atomic E-state index is 11.6. The lowest BCUT2D eigenvalue weighted by molar-refractivity contribution is 0.139. The lowest BCUT2D eigenvalue weighted by Gasteiger charge is -2.35. The van der Waals surface area contributed by atoms with Crippen LogP contribution < -0.4 is 5.56 Å². The largest absolute Gasteiger partial charge is 0.314 e. The molecule has 4 heteroatoms. The van der Waals surface area contributed by atoms with E-state index in [1.54, 1.807) is 16.7 Å². The highest BCUT2D eigenvalue weighted by atomic mass is 79.9. The minimum absolute atomic E-state index is 0.103. The number of pyridine rings is 1. The van der Waals surface area contributed by atoms with E-state index in [1.165, 1.54) is 32.2 Å². The normalized spacial score (nSPS) is 21.1. The Labute approximate surface area is 117 Å². The highest BCUT2D eigenvalue weighted by Gasteiger charge is 2.21. The fourth-order valence-corrected chi connectivity index (χ4v) is 3.22. The van der Waals surface area contributed by atoms with Gasteiger partial charge in [0.2, 0.25) is 0 Å². The summed E-state index contributed by atoms with van der Waals surface area (Å²) in [5.74, 6) is 0. The predicted molar refractivity (Wildman–Crippen MR) is 78.3 cm³/mol. The Morgan fingerprint density at radius 3 is 2.94 bits per heavy atom. The maximum Gasteiger partial charge on any atom is 0.250 e. The maximum absolute atomic E-state index is 11.6. The second kappa shape index (κ2) is 7.10. The molecule has 0 aromatic carbocycles. The smallest absolute Gasteiger partial charge is 0.250 e. The molecule has 2 heterocycles. The third kappa shape index (κ3) is 3.69. The Balaban J connectivity index is 1.92. The molecule has 3 nitrogen and oxygen atoms in total. The van der Waals surface area contributed by atoms with Crippen LogP contribution >= 0.6 is 15.9 Å². The van der Waals surface area contributed by atoms with Gasteiger partial charge >= 0.3 is 0 Å². The molecule has 1 unspecified atom stereocenters. The second-order valence-corrected chi connectivity index (χ2v) is 5.69. The van der Waals surface area contributed by atoms with E-state index in [0.29, 0.717) is 6.04 Å². The van der Waals surface area contributed by atoms with Crippen molar-refractivity contribution in [3.05, 3.63) is 34.7 Å². The second-order valence-electron chi connectivity index (χ2n) is 4.90. The summed E-state index contributed by atoms with van der Waals surface area (Å²) in [4.78, 5) is 14.2. The zero-order chi connectivity index (χ0) is 12.8. The lowest BCUT2D eigenvalue weighted by atomic mass is 10.0. The molecule has 0 aliphatic carbocycles. The molecular formula is C14H21BrN2O. The molecule has 0 N–H and O–H groups in total. The van der Waals surface area contributed by atoms with Crippen LogP contribution in [0.5, 0.6) is 0 Å². The number of hydrogen-bond acceptors (Lipinski definition) is 2. The van der Waals surface area contributed by atoms with Crippen molar-refractivity contribution >= 4 is 15.9 Å². The van der Waals surface area contributed by atoms with E-state index in [9.17, 15) is 4.79 Å². The minimum atomic E-state index is 0.103. The lowest BCUT2D eigenvalue weighted by Crippen LogP contribution is -2.42. The summed E-state index contributed by atoms with van der Waals surface area (Å²) in [6.45, 7) is 2.97. The number of likely N-dealkylation sites (tertiary alicyclic amines) is 1. The number of aromatic nitrogens is 1. The van der Waals surface area contributed by atoms with Gasteiger partial charge in [0, 0.05) is 36.7 Å². The van der Waals surface area contributed by atoms with Crippen molar-refractivity contribution in [2.75, 3.05) is 18.4 Å². The molecule has 1 aromatic rings. The van der Waals surface area contributed by atoms with Gasteiger partial charge in [0.1, 0.15) is 0 Å². The third-order valence-electron chi connectivity index (χ3n) is 3.72. The summed E-state index contributed by atoms with van der Waals surface area (Å²) >= 11 is 3.54. The van der Waals surface area contributed by atoms with Gasteiger partial charge in [-0.25, -0.2) is 0 Å². The Morgan fingerprint density at radius 2 is 2.17 bits per heavy atom. The number of rotatable bonds is 5. The van der Waals surface area contributed by atoms with Crippen molar-refractivity contribution in [3.63, 3.8) is 0 Å². The Bertz CT molecular complexity index is 416. The summed E-state index contributed by atoms with van der Waals surface area (Å²) in [5, 5.41) is 1.07. The number of halogens is 1. The summed E-state index contributed by atoms with van der Waals surface area (Å²) in [6, 6.07) is 6.05. The topological polar surface area (TPSA) is 25.2 Å². The molecule has 0 spiro atoms. The summed E-state index contributed by atoms with van der Waals surface area (Å²) in [7, 11) is 0.